The van der Waals surface area contributed by atoms with Crippen molar-refractivity contribution in [2.45, 2.75) is 76.5 Å². The highest BCUT2D eigenvalue weighted by Crippen LogP contribution is 2.43. The topological polar surface area (TPSA) is 40.5 Å². The van der Waals surface area contributed by atoms with Gasteiger partial charge in [0.05, 0.1) is 0 Å². The Morgan fingerprint density at radius 1 is 0.912 bits per heavy atom. The van der Waals surface area contributed by atoms with Crippen molar-refractivity contribution in [3.05, 3.63) is 64.0 Å². The van der Waals surface area contributed by atoms with Gasteiger partial charge in [-0.25, -0.2) is 0 Å². The molecule has 1 saturated heterocycles. The number of fused-ring (bicyclic) bond motifs is 1. The van der Waals surface area contributed by atoms with Crippen LogP contribution >= 0.6 is 11.3 Å². The van der Waals surface area contributed by atoms with Gasteiger partial charge in [0.1, 0.15) is 5.75 Å². The Morgan fingerprint density at radius 3 is 2.35 bits per heavy atom. The van der Waals surface area contributed by atoms with Crippen LogP contribution in [0.4, 0.5) is 0 Å². The van der Waals surface area contributed by atoms with Gasteiger partial charge in [-0.3, -0.25) is 4.79 Å². The summed E-state index contributed by atoms with van der Waals surface area (Å²) < 4.78 is 1.02. The molecule has 0 unspecified atom stereocenters. The molecule has 0 spiro atoms. The smallest absolute Gasteiger partial charge is 0.194 e. The molecule has 0 atom stereocenters. The van der Waals surface area contributed by atoms with E-state index in [1.807, 2.05) is 24.3 Å². The maximum Gasteiger partial charge on any atom is 0.194 e. The average molecular weight is 476 g/mol. The van der Waals surface area contributed by atoms with Gasteiger partial charge in [0.2, 0.25) is 0 Å². The Morgan fingerprint density at radius 2 is 1.62 bits per heavy atom. The molecule has 1 aromatic heterocycles. The standard InChI is InChI=1S/C30H37NO2S/c32-25-16-17-26-27(21-25)34-30(24-10-4-3-5-11-24)28(26)29(33)23-14-12-22(13-15-23)9-8-20-31-18-6-1-2-7-19-31/h12-17,21,24,32H,1-11,18-20H2. The summed E-state index contributed by atoms with van der Waals surface area (Å²) >= 11 is 1.71. The summed E-state index contributed by atoms with van der Waals surface area (Å²) in [4.78, 5) is 17.6. The average Bonchev–Trinajstić information content (AvgIpc) is 3.04. The Balaban J connectivity index is 1.32. The molecule has 1 N–H and O–H groups in total. The maximum atomic E-state index is 13.8. The highest BCUT2D eigenvalue weighted by molar-refractivity contribution is 7.19. The first-order valence-electron chi connectivity index (χ1n) is 13.3. The fraction of sp³-hybridized carbons (Fsp3) is 0.500. The van der Waals surface area contributed by atoms with E-state index >= 15 is 0 Å². The summed E-state index contributed by atoms with van der Waals surface area (Å²) in [5, 5.41) is 11.0. The van der Waals surface area contributed by atoms with E-state index in [2.05, 4.69) is 17.0 Å². The van der Waals surface area contributed by atoms with Gasteiger partial charge in [0.15, 0.2) is 5.78 Å². The zero-order chi connectivity index (χ0) is 23.3. The van der Waals surface area contributed by atoms with Gasteiger partial charge in [-0.1, -0.05) is 56.4 Å². The molecule has 2 fully saturated rings. The molecule has 1 saturated carbocycles. The number of rotatable bonds is 7. The van der Waals surface area contributed by atoms with E-state index in [1.54, 1.807) is 17.4 Å². The molecule has 0 bridgehead atoms. The van der Waals surface area contributed by atoms with Crippen LogP contribution in [0, 0.1) is 0 Å². The Labute approximate surface area is 207 Å². The van der Waals surface area contributed by atoms with Crippen LogP contribution in [0.15, 0.2) is 42.5 Å². The van der Waals surface area contributed by atoms with Crippen LogP contribution in [0.5, 0.6) is 5.75 Å². The quantitative estimate of drug-likeness (QED) is 0.356. The van der Waals surface area contributed by atoms with Crippen molar-refractivity contribution in [2.24, 2.45) is 0 Å². The first kappa shape index (κ1) is 23.6. The number of hydrogen-bond acceptors (Lipinski definition) is 4. The van der Waals surface area contributed by atoms with E-state index in [-0.39, 0.29) is 11.5 Å². The van der Waals surface area contributed by atoms with E-state index in [0.29, 0.717) is 5.92 Å². The highest BCUT2D eigenvalue weighted by Gasteiger charge is 2.27. The largest absolute Gasteiger partial charge is 0.508 e. The number of aryl methyl sites for hydroxylation is 1. The van der Waals surface area contributed by atoms with Gasteiger partial charge < -0.3 is 10.0 Å². The Bertz CT molecular complexity index is 1100. The second kappa shape index (κ2) is 11.0. The number of carbonyl (C=O) groups excluding carboxylic acids is 1. The lowest BCUT2D eigenvalue weighted by Crippen LogP contribution is -2.26. The number of thiophene rings is 1. The molecule has 1 aliphatic carbocycles. The lowest BCUT2D eigenvalue weighted by Gasteiger charge is -2.21. The molecule has 3 nitrogen and oxygen atoms in total. The summed E-state index contributed by atoms with van der Waals surface area (Å²) in [7, 11) is 0. The van der Waals surface area contributed by atoms with Crippen LogP contribution < -0.4 is 0 Å². The highest BCUT2D eigenvalue weighted by atomic mass is 32.1. The zero-order valence-electron chi connectivity index (χ0n) is 20.2. The fourth-order valence-electron chi connectivity index (χ4n) is 5.82. The minimum Gasteiger partial charge on any atom is -0.508 e. The number of benzene rings is 2. The molecule has 2 heterocycles. The molecule has 1 aliphatic heterocycles. The lowest BCUT2D eigenvalue weighted by atomic mass is 9.85. The molecule has 4 heteroatoms. The van der Waals surface area contributed by atoms with Gasteiger partial charge in [-0.15, -0.1) is 11.3 Å². The first-order chi connectivity index (χ1) is 16.7. The van der Waals surface area contributed by atoms with E-state index in [9.17, 15) is 9.90 Å². The van der Waals surface area contributed by atoms with Crippen molar-refractivity contribution in [3.63, 3.8) is 0 Å². The van der Waals surface area contributed by atoms with Crippen LogP contribution in [0.25, 0.3) is 10.1 Å². The van der Waals surface area contributed by atoms with E-state index in [1.165, 1.54) is 81.4 Å². The summed E-state index contributed by atoms with van der Waals surface area (Å²) in [6, 6.07) is 13.8. The van der Waals surface area contributed by atoms with Crippen molar-refractivity contribution in [1.29, 1.82) is 0 Å². The third-order valence-corrected chi connectivity index (χ3v) is 9.07. The van der Waals surface area contributed by atoms with Crippen LogP contribution in [0.3, 0.4) is 0 Å². The Hall–Kier alpha value is -2.17. The molecule has 0 amide bonds. The number of carbonyl (C=O) groups is 1. The molecular formula is C30H37NO2S. The molecule has 0 radical (unpaired) electrons. The normalized spacial score (nSPS) is 18.2. The molecule has 2 aromatic carbocycles. The van der Waals surface area contributed by atoms with E-state index in [0.717, 1.165) is 40.5 Å². The van der Waals surface area contributed by atoms with Crippen molar-refractivity contribution in [2.75, 3.05) is 19.6 Å². The van der Waals surface area contributed by atoms with E-state index in [4.69, 9.17) is 0 Å². The number of hydrogen-bond donors (Lipinski definition) is 1. The lowest BCUT2D eigenvalue weighted by molar-refractivity contribution is 0.103. The number of aromatic hydroxyl groups is 1. The number of phenols is 1. The fourth-order valence-corrected chi connectivity index (χ4v) is 7.23. The van der Waals surface area contributed by atoms with Crippen LogP contribution in [0.1, 0.15) is 96.5 Å². The second-order valence-electron chi connectivity index (χ2n) is 10.2. The van der Waals surface area contributed by atoms with Gasteiger partial charge in [0, 0.05) is 26.1 Å². The second-order valence-corrected chi connectivity index (χ2v) is 11.3. The molecule has 5 rings (SSSR count). The number of nitrogens with zero attached hydrogens (tertiary/aromatic N) is 1. The van der Waals surface area contributed by atoms with Crippen LogP contribution in [-0.2, 0) is 6.42 Å². The summed E-state index contributed by atoms with van der Waals surface area (Å²) in [5.41, 5.74) is 2.97. The third kappa shape index (κ3) is 5.39. The number of ketones is 1. The van der Waals surface area contributed by atoms with Gasteiger partial charge in [-0.05, 0) is 87.8 Å². The summed E-state index contributed by atoms with van der Waals surface area (Å²) in [6.07, 6.45) is 13.8. The van der Waals surface area contributed by atoms with Crippen molar-refractivity contribution < 1.29 is 9.90 Å². The van der Waals surface area contributed by atoms with Crippen molar-refractivity contribution >= 4 is 27.2 Å². The molecule has 3 aromatic rings. The van der Waals surface area contributed by atoms with Gasteiger partial charge in [-0.2, -0.15) is 0 Å². The first-order valence-corrected chi connectivity index (χ1v) is 14.1. The number of likely N-dealkylation sites (tertiary alicyclic amines) is 1. The van der Waals surface area contributed by atoms with Gasteiger partial charge >= 0.3 is 0 Å². The zero-order valence-corrected chi connectivity index (χ0v) is 21.0. The third-order valence-electron chi connectivity index (χ3n) is 7.76. The van der Waals surface area contributed by atoms with Crippen molar-refractivity contribution in [3.8, 4) is 5.75 Å². The van der Waals surface area contributed by atoms with Crippen molar-refractivity contribution in [1.82, 2.24) is 4.90 Å². The van der Waals surface area contributed by atoms with Gasteiger partial charge in [0.25, 0.3) is 0 Å². The van der Waals surface area contributed by atoms with Crippen LogP contribution in [-0.4, -0.2) is 35.4 Å². The summed E-state index contributed by atoms with van der Waals surface area (Å²) in [6.45, 7) is 3.69. The molecule has 34 heavy (non-hydrogen) atoms. The predicted molar refractivity (Wildman–Crippen MR) is 142 cm³/mol. The van der Waals surface area contributed by atoms with Crippen LogP contribution in [0.2, 0.25) is 0 Å². The van der Waals surface area contributed by atoms with E-state index < -0.39 is 0 Å². The monoisotopic (exact) mass is 475 g/mol. The maximum absolute atomic E-state index is 13.8. The summed E-state index contributed by atoms with van der Waals surface area (Å²) in [5.74, 6) is 0.867. The SMILES string of the molecule is O=C(c1ccc(CCCN2CCCCCC2)cc1)c1c(C2CCCCC2)sc2cc(O)ccc12. The minimum atomic E-state index is 0.133. The Kier molecular flexibility index (Phi) is 7.66. The predicted octanol–water partition coefficient (Wildman–Crippen LogP) is 7.69. The minimum absolute atomic E-state index is 0.133. The number of phenolic OH excluding ortho intramolecular Hbond substituents is 1. The molecule has 180 valence electrons. The molecular weight excluding hydrogens is 438 g/mol. The molecule has 2 aliphatic rings.